The number of nitrogens with two attached hydrogens (primary N) is 1. The van der Waals surface area contributed by atoms with Gasteiger partial charge in [0, 0.05) is 14.1 Å². The molecule has 3 N–H and O–H groups in total. The van der Waals surface area contributed by atoms with Gasteiger partial charge in [0.25, 0.3) is 5.56 Å². The minimum absolute atomic E-state index is 0.0806. The van der Waals surface area contributed by atoms with E-state index in [4.69, 9.17) is 10.8 Å². The second-order valence-corrected chi connectivity index (χ2v) is 4.53. The quantitative estimate of drug-likeness (QED) is 0.719. The molecule has 0 saturated carbocycles. The van der Waals surface area contributed by atoms with Gasteiger partial charge >= 0.3 is 11.7 Å². The third-order valence-electron chi connectivity index (χ3n) is 2.52. The standard InChI is InChI=1S/C9H9N3O4S/c1-11-6(13)3-4(10)5(8(14)15)17-7(3)12(2)9(11)16/h10H2,1-2H3,(H,14,15). The summed E-state index contributed by atoms with van der Waals surface area (Å²) < 4.78 is 2.11. The zero-order chi connectivity index (χ0) is 12.9. The van der Waals surface area contributed by atoms with E-state index in [1.807, 2.05) is 0 Å². The average Bonchev–Trinajstić information content (AvgIpc) is 2.62. The molecule has 2 aromatic rings. The summed E-state index contributed by atoms with van der Waals surface area (Å²) in [6.07, 6.45) is 0. The van der Waals surface area contributed by atoms with Crippen LogP contribution in [0.2, 0.25) is 0 Å². The Labute approximate surface area is 98.3 Å². The smallest absolute Gasteiger partial charge is 0.348 e. The molecule has 0 aliphatic rings. The van der Waals surface area contributed by atoms with Crippen LogP contribution in [-0.2, 0) is 14.1 Å². The lowest BCUT2D eigenvalue weighted by atomic mass is 10.3. The maximum absolute atomic E-state index is 11.8. The highest BCUT2D eigenvalue weighted by atomic mass is 32.1. The number of carboxylic acid groups (broad SMARTS) is 1. The van der Waals surface area contributed by atoms with E-state index in [9.17, 15) is 14.4 Å². The summed E-state index contributed by atoms with van der Waals surface area (Å²) in [5.74, 6) is -1.21. The Morgan fingerprint density at radius 2 is 1.88 bits per heavy atom. The summed E-state index contributed by atoms with van der Waals surface area (Å²) >= 11 is 0.821. The van der Waals surface area contributed by atoms with Crippen LogP contribution in [-0.4, -0.2) is 20.2 Å². The molecule has 0 unspecified atom stereocenters. The first-order valence-corrected chi connectivity index (χ1v) is 5.39. The third kappa shape index (κ3) is 1.37. The molecular formula is C9H9N3O4S. The zero-order valence-electron chi connectivity index (χ0n) is 9.05. The number of hydrogen-bond donors (Lipinski definition) is 2. The minimum Gasteiger partial charge on any atom is -0.477 e. The Hall–Kier alpha value is -2.09. The molecular weight excluding hydrogens is 246 g/mol. The van der Waals surface area contributed by atoms with Gasteiger partial charge in [-0.1, -0.05) is 0 Å². The van der Waals surface area contributed by atoms with Gasteiger partial charge in [0.15, 0.2) is 0 Å². The van der Waals surface area contributed by atoms with Crippen molar-refractivity contribution in [3.8, 4) is 0 Å². The van der Waals surface area contributed by atoms with Crippen LogP contribution in [0.15, 0.2) is 9.59 Å². The SMILES string of the molecule is Cn1c(=O)c2c(N)c(C(=O)O)sc2n(C)c1=O. The fraction of sp³-hybridized carbons (Fsp3) is 0.222. The molecule has 0 spiro atoms. The number of aromatic carboxylic acids is 1. The molecule has 2 rings (SSSR count). The molecule has 0 amide bonds. The topological polar surface area (TPSA) is 107 Å². The van der Waals surface area contributed by atoms with Gasteiger partial charge < -0.3 is 10.8 Å². The third-order valence-corrected chi connectivity index (χ3v) is 3.79. The van der Waals surface area contributed by atoms with Gasteiger partial charge in [-0.25, -0.2) is 9.59 Å². The normalized spacial score (nSPS) is 10.9. The second-order valence-electron chi connectivity index (χ2n) is 3.54. The highest BCUT2D eigenvalue weighted by Gasteiger charge is 2.21. The van der Waals surface area contributed by atoms with Gasteiger partial charge in [-0.05, 0) is 0 Å². The van der Waals surface area contributed by atoms with Crippen molar-refractivity contribution in [1.29, 1.82) is 0 Å². The fourth-order valence-corrected chi connectivity index (χ4v) is 2.61. The number of fused-ring (bicyclic) bond motifs is 1. The number of carbonyl (C=O) groups is 1. The molecule has 7 nitrogen and oxygen atoms in total. The summed E-state index contributed by atoms with van der Waals surface area (Å²) in [5.41, 5.74) is 4.45. The fourth-order valence-electron chi connectivity index (χ4n) is 1.60. The van der Waals surface area contributed by atoms with Crippen LogP contribution in [0.3, 0.4) is 0 Å². The van der Waals surface area contributed by atoms with Crippen molar-refractivity contribution < 1.29 is 9.90 Å². The Bertz CT molecular complexity index is 752. The van der Waals surface area contributed by atoms with Crippen LogP contribution in [0.1, 0.15) is 9.67 Å². The van der Waals surface area contributed by atoms with E-state index in [-0.39, 0.29) is 20.8 Å². The number of aromatic nitrogens is 2. The van der Waals surface area contributed by atoms with Crippen molar-refractivity contribution in [3.63, 3.8) is 0 Å². The van der Waals surface area contributed by atoms with Crippen LogP contribution in [0.25, 0.3) is 10.2 Å². The van der Waals surface area contributed by atoms with E-state index < -0.39 is 17.2 Å². The van der Waals surface area contributed by atoms with Gasteiger partial charge in [0.2, 0.25) is 0 Å². The molecule has 0 radical (unpaired) electrons. The summed E-state index contributed by atoms with van der Waals surface area (Å²) in [5, 5.41) is 9.00. The van der Waals surface area contributed by atoms with Gasteiger partial charge in [-0.2, -0.15) is 0 Å². The van der Waals surface area contributed by atoms with Gasteiger partial charge in [-0.3, -0.25) is 13.9 Å². The number of carboxylic acids is 1. The van der Waals surface area contributed by atoms with Gasteiger partial charge in [-0.15, -0.1) is 11.3 Å². The molecule has 8 heteroatoms. The molecule has 0 aliphatic heterocycles. The number of nitrogen functional groups attached to an aromatic ring is 1. The molecule has 0 bridgehead atoms. The Morgan fingerprint density at radius 1 is 1.29 bits per heavy atom. The molecule has 2 heterocycles. The van der Waals surface area contributed by atoms with E-state index in [2.05, 4.69) is 0 Å². The van der Waals surface area contributed by atoms with Crippen LogP contribution in [0.5, 0.6) is 0 Å². The maximum Gasteiger partial charge on any atom is 0.348 e. The van der Waals surface area contributed by atoms with Gasteiger partial charge in [0.05, 0.1) is 11.1 Å². The van der Waals surface area contributed by atoms with Crippen LogP contribution in [0, 0.1) is 0 Å². The van der Waals surface area contributed by atoms with Crippen LogP contribution < -0.4 is 17.0 Å². The molecule has 17 heavy (non-hydrogen) atoms. The lowest BCUT2D eigenvalue weighted by molar-refractivity contribution is 0.0703. The second kappa shape index (κ2) is 3.45. The van der Waals surface area contributed by atoms with E-state index in [1.54, 1.807) is 0 Å². The van der Waals surface area contributed by atoms with Crippen LogP contribution >= 0.6 is 11.3 Å². The molecule has 0 aromatic carbocycles. The largest absolute Gasteiger partial charge is 0.477 e. The number of rotatable bonds is 1. The van der Waals surface area contributed by atoms with Crippen molar-refractivity contribution >= 4 is 33.2 Å². The number of nitrogens with zero attached hydrogens (tertiary/aromatic N) is 2. The Kier molecular flexibility index (Phi) is 2.32. The first-order chi connectivity index (χ1) is 7.86. The van der Waals surface area contributed by atoms with E-state index in [1.165, 1.54) is 18.7 Å². The Balaban J connectivity index is 3.14. The van der Waals surface area contributed by atoms with Crippen molar-refractivity contribution in [1.82, 2.24) is 9.13 Å². The maximum atomic E-state index is 11.8. The average molecular weight is 255 g/mol. The Morgan fingerprint density at radius 3 is 2.41 bits per heavy atom. The number of aryl methyl sites for hydroxylation is 1. The molecule has 0 aliphatic carbocycles. The summed E-state index contributed by atoms with van der Waals surface area (Å²) in [6.45, 7) is 0. The first-order valence-electron chi connectivity index (χ1n) is 4.57. The van der Waals surface area contributed by atoms with Crippen molar-refractivity contribution in [2.45, 2.75) is 0 Å². The summed E-state index contributed by atoms with van der Waals surface area (Å²) in [7, 11) is 2.79. The van der Waals surface area contributed by atoms with Crippen molar-refractivity contribution in [2.75, 3.05) is 5.73 Å². The predicted molar refractivity (Wildman–Crippen MR) is 63.7 cm³/mol. The molecule has 0 saturated heterocycles. The number of hydrogen-bond acceptors (Lipinski definition) is 5. The van der Waals surface area contributed by atoms with Crippen LogP contribution in [0.4, 0.5) is 5.69 Å². The van der Waals surface area contributed by atoms with E-state index in [0.717, 1.165) is 15.9 Å². The first kappa shape index (κ1) is 11.4. The van der Waals surface area contributed by atoms with E-state index >= 15 is 0 Å². The highest BCUT2D eigenvalue weighted by Crippen LogP contribution is 2.29. The zero-order valence-corrected chi connectivity index (χ0v) is 9.87. The summed E-state index contributed by atoms with van der Waals surface area (Å²) in [4.78, 5) is 34.5. The van der Waals surface area contributed by atoms with E-state index in [0.29, 0.717) is 0 Å². The molecule has 90 valence electrons. The van der Waals surface area contributed by atoms with Crippen molar-refractivity contribution in [2.24, 2.45) is 14.1 Å². The lowest BCUT2D eigenvalue weighted by Gasteiger charge is -2.02. The lowest BCUT2D eigenvalue weighted by Crippen LogP contribution is -2.36. The monoisotopic (exact) mass is 255 g/mol. The minimum atomic E-state index is -1.21. The number of anilines is 1. The molecule has 0 atom stereocenters. The predicted octanol–water partition coefficient (Wildman–Crippen LogP) is -0.421. The highest BCUT2D eigenvalue weighted by molar-refractivity contribution is 7.21. The number of thiophene rings is 1. The molecule has 2 aromatic heterocycles. The van der Waals surface area contributed by atoms with Gasteiger partial charge in [0.1, 0.15) is 9.71 Å². The van der Waals surface area contributed by atoms with Crippen molar-refractivity contribution in [3.05, 3.63) is 25.7 Å². The molecule has 0 fully saturated rings. The summed E-state index contributed by atoms with van der Waals surface area (Å²) in [6, 6.07) is 0.